The van der Waals surface area contributed by atoms with Crippen LogP contribution in [-0.4, -0.2) is 10.6 Å². The molecule has 0 saturated heterocycles. The van der Waals surface area contributed by atoms with E-state index in [1.165, 1.54) is 16.5 Å². The summed E-state index contributed by atoms with van der Waals surface area (Å²) < 4.78 is 2.36. The van der Waals surface area contributed by atoms with Crippen LogP contribution in [-0.2, 0) is 13.1 Å². The third-order valence-corrected chi connectivity index (χ3v) is 3.11. The molecule has 0 spiro atoms. The number of nitrogens with one attached hydrogen (secondary N) is 1. The maximum atomic E-state index is 3.47. The fourth-order valence-electron chi connectivity index (χ4n) is 2.21. The van der Waals surface area contributed by atoms with Gasteiger partial charge >= 0.3 is 0 Å². The van der Waals surface area contributed by atoms with Crippen molar-refractivity contribution in [3.8, 4) is 0 Å². The molecular formula is C16H24N2. The molecule has 0 aliphatic rings. The average molecular weight is 244 g/mol. The van der Waals surface area contributed by atoms with Crippen molar-refractivity contribution in [2.75, 3.05) is 0 Å². The molecular weight excluding hydrogens is 220 g/mol. The Kier molecular flexibility index (Phi) is 4.07. The molecule has 2 heteroatoms. The first-order chi connectivity index (χ1) is 8.56. The monoisotopic (exact) mass is 244 g/mol. The van der Waals surface area contributed by atoms with E-state index in [4.69, 9.17) is 0 Å². The first-order valence-electron chi connectivity index (χ1n) is 6.87. The maximum Gasteiger partial charge on any atom is 0.0483 e. The number of aromatic nitrogens is 1. The van der Waals surface area contributed by atoms with Crippen LogP contribution in [0.3, 0.4) is 0 Å². The Morgan fingerprint density at radius 1 is 1.11 bits per heavy atom. The smallest absolute Gasteiger partial charge is 0.0483 e. The van der Waals surface area contributed by atoms with E-state index < -0.39 is 0 Å². The first kappa shape index (κ1) is 13.2. The third kappa shape index (κ3) is 3.14. The molecule has 2 aromatic rings. The molecule has 0 amide bonds. The van der Waals surface area contributed by atoms with Gasteiger partial charge in [0, 0.05) is 30.8 Å². The molecule has 0 bridgehead atoms. The lowest BCUT2D eigenvalue weighted by molar-refractivity contribution is 0.535. The van der Waals surface area contributed by atoms with Crippen LogP contribution in [0.25, 0.3) is 10.9 Å². The van der Waals surface area contributed by atoms with Crippen LogP contribution in [0.2, 0.25) is 0 Å². The van der Waals surface area contributed by atoms with Crippen LogP contribution in [0.5, 0.6) is 0 Å². The van der Waals surface area contributed by atoms with Gasteiger partial charge in [0.05, 0.1) is 0 Å². The second-order valence-electron chi connectivity index (χ2n) is 5.79. The number of hydrogen-bond donors (Lipinski definition) is 1. The molecule has 1 aromatic heterocycles. The Morgan fingerprint density at radius 2 is 1.89 bits per heavy atom. The van der Waals surface area contributed by atoms with E-state index in [0.29, 0.717) is 12.0 Å². The van der Waals surface area contributed by atoms with Crippen molar-refractivity contribution in [2.24, 2.45) is 5.92 Å². The molecule has 2 rings (SSSR count). The van der Waals surface area contributed by atoms with Gasteiger partial charge in [-0.3, -0.25) is 0 Å². The van der Waals surface area contributed by atoms with Crippen LogP contribution in [0.4, 0.5) is 0 Å². The van der Waals surface area contributed by atoms with Crippen LogP contribution in [0.1, 0.15) is 33.3 Å². The van der Waals surface area contributed by atoms with Crippen LogP contribution in [0.15, 0.2) is 30.5 Å². The highest BCUT2D eigenvalue weighted by Gasteiger charge is 2.04. The van der Waals surface area contributed by atoms with Crippen LogP contribution < -0.4 is 5.32 Å². The Labute approximate surface area is 110 Å². The second-order valence-corrected chi connectivity index (χ2v) is 5.79. The molecule has 0 fully saturated rings. The molecule has 1 N–H and O–H groups in total. The average Bonchev–Trinajstić information content (AvgIpc) is 2.68. The van der Waals surface area contributed by atoms with E-state index >= 15 is 0 Å². The molecule has 0 unspecified atom stereocenters. The summed E-state index contributed by atoms with van der Waals surface area (Å²) in [5.41, 5.74) is 2.71. The molecule has 98 valence electrons. The van der Waals surface area contributed by atoms with Gasteiger partial charge < -0.3 is 9.88 Å². The molecule has 0 saturated carbocycles. The zero-order chi connectivity index (χ0) is 13.1. The maximum absolute atomic E-state index is 3.47. The summed E-state index contributed by atoms with van der Waals surface area (Å²) in [5, 5.41) is 4.81. The van der Waals surface area contributed by atoms with Crippen LogP contribution in [0, 0.1) is 5.92 Å². The summed E-state index contributed by atoms with van der Waals surface area (Å²) >= 11 is 0. The summed E-state index contributed by atoms with van der Waals surface area (Å²) in [7, 11) is 0. The second kappa shape index (κ2) is 5.57. The lowest BCUT2D eigenvalue weighted by Gasteiger charge is -2.11. The highest BCUT2D eigenvalue weighted by molar-refractivity contribution is 5.80. The Bertz CT molecular complexity index is 509. The normalized spacial score (nSPS) is 11.9. The van der Waals surface area contributed by atoms with Gasteiger partial charge in [-0.05, 0) is 29.0 Å². The molecule has 1 heterocycles. The standard InChI is InChI=1S/C16H24N2/c1-12(2)11-18-8-7-15-6-5-14(9-16(15)18)10-17-13(3)4/h5-9,12-13,17H,10-11H2,1-4H3. The lowest BCUT2D eigenvalue weighted by Crippen LogP contribution is -2.21. The minimum absolute atomic E-state index is 0.531. The molecule has 18 heavy (non-hydrogen) atoms. The van der Waals surface area contributed by atoms with Crippen molar-refractivity contribution in [3.05, 3.63) is 36.0 Å². The molecule has 0 radical (unpaired) electrons. The van der Waals surface area contributed by atoms with Crippen LogP contribution >= 0.6 is 0 Å². The number of fused-ring (bicyclic) bond motifs is 1. The molecule has 0 aliphatic heterocycles. The van der Waals surface area contributed by atoms with Crippen molar-refractivity contribution in [3.63, 3.8) is 0 Å². The van der Waals surface area contributed by atoms with Crippen molar-refractivity contribution >= 4 is 10.9 Å². The van der Waals surface area contributed by atoms with Gasteiger partial charge in [-0.1, -0.05) is 39.8 Å². The Morgan fingerprint density at radius 3 is 2.56 bits per heavy atom. The lowest BCUT2D eigenvalue weighted by atomic mass is 10.1. The van der Waals surface area contributed by atoms with Gasteiger partial charge in [-0.2, -0.15) is 0 Å². The summed E-state index contributed by atoms with van der Waals surface area (Å²) in [6, 6.07) is 9.49. The summed E-state index contributed by atoms with van der Waals surface area (Å²) in [4.78, 5) is 0. The Hall–Kier alpha value is -1.28. The minimum atomic E-state index is 0.531. The third-order valence-electron chi connectivity index (χ3n) is 3.11. The zero-order valence-electron chi connectivity index (χ0n) is 11.9. The van der Waals surface area contributed by atoms with E-state index in [9.17, 15) is 0 Å². The predicted octanol–water partition coefficient (Wildman–Crippen LogP) is 3.80. The van der Waals surface area contributed by atoms with Gasteiger partial charge in [-0.25, -0.2) is 0 Å². The van der Waals surface area contributed by atoms with E-state index in [2.05, 4.69) is 68.0 Å². The van der Waals surface area contributed by atoms with Crippen molar-refractivity contribution < 1.29 is 0 Å². The fraction of sp³-hybridized carbons (Fsp3) is 0.500. The number of benzene rings is 1. The fourth-order valence-corrected chi connectivity index (χ4v) is 2.21. The van der Waals surface area contributed by atoms with Gasteiger partial charge in [0.2, 0.25) is 0 Å². The summed E-state index contributed by atoms with van der Waals surface area (Å²) in [6.07, 6.45) is 2.20. The highest BCUT2D eigenvalue weighted by atomic mass is 15.0. The van der Waals surface area contributed by atoms with Gasteiger partial charge in [0.25, 0.3) is 0 Å². The van der Waals surface area contributed by atoms with Gasteiger partial charge in [0.1, 0.15) is 0 Å². The molecule has 2 nitrogen and oxygen atoms in total. The van der Waals surface area contributed by atoms with E-state index in [0.717, 1.165) is 13.1 Å². The zero-order valence-corrected chi connectivity index (χ0v) is 11.9. The molecule has 1 aromatic carbocycles. The van der Waals surface area contributed by atoms with Crippen molar-refractivity contribution in [2.45, 2.75) is 46.8 Å². The quantitative estimate of drug-likeness (QED) is 0.846. The van der Waals surface area contributed by atoms with E-state index in [-0.39, 0.29) is 0 Å². The summed E-state index contributed by atoms with van der Waals surface area (Å²) in [6.45, 7) is 10.9. The number of nitrogens with zero attached hydrogens (tertiary/aromatic N) is 1. The van der Waals surface area contributed by atoms with E-state index in [1.807, 2.05) is 0 Å². The number of hydrogen-bond acceptors (Lipinski definition) is 1. The topological polar surface area (TPSA) is 17.0 Å². The number of rotatable bonds is 5. The summed E-state index contributed by atoms with van der Waals surface area (Å²) in [5.74, 6) is 0.679. The van der Waals surface area contributed by atoms with Crippen molar-refractivity contribution in [1.29, 1.82) is 0 Å². The highest BCUT2D eigenvalue weighted by Crippen LogP contribution is 2.19. The SMILES string of the molecule is CC(C)Cn1ccc2ccc(CNC(C)C)cc21. The van der Waals surface area contributed by atoms with E-state index in [1.54, 1.807) is 0 Å². The predicted molar refractivity (Wildman–Crippen MR) is 78.8 cm³/mol. The first-order valence-corrected chi connectivity index (χ1v) is 6.87. The Balaban J connectivity index is 2.24. The van der Waals surface area contributed by atoms with Gasteiger partial charge in [-0.15, -0.1) is 0 Å². The molecule has 0 atom stereocenters. The minimum Gasteiger partial charge on any atom is -0.347 e. The van der Waals surface area contributed by atoms with Gasteiger partial charge in [0.15, 0.2) is 0 Å². The largest absolute Gasteiger partial charge is 0.347 e. The van der Waals surface area contributed by atoms with Crippen molar-refractivity contribution in [1.82, 2.24) is 9.88 Å². The molecule has 0 aliphatic carbocycles.